The third-order valence-electron chi connectivity index (χ3n) is 2.47. The largest absolute Gasteiger partial charge is 0.385 e. The molecule has 0 unspecified atom stereocenters. The van der Waals surface area contributed by atoms with Crippen LogP contribution in [0.2, 0.25) is 0 Å². The van der Waals surface area contributed by atoms with Crippen LogP contribution >= 0.6 is 0 Å². The van der Waals surface area contributed by atoms with Gasteiger partial charge in [0.2, 0.25) is 0 Å². The Hall–Kier alpha value is -0.980. The van der Waals surface area contributed by atoms with Crippen molar-refractivity contribution in [2.24, 2.45) is 5.92 Å². The predicted octanol–water partition coefficient (Wildman–Crippen LogP) is 2.60. The van der Waals surface area contributed by atoms with Crippen molar-refractivity contribution in [2.45, 2.75) is 20.3 Å². The van der Waals surface area contributed by atoms with Crippen molar-refractivity contribution in [3.05, 3.63) is 29.3 Å². The van der Waals surface area contributed by atoms with E-state index < -0.39 is 0 Å². The minimum atomic E-state index is 0.777. The van der Waals surface area contributed by atoms with Crippen LogP contribution in [0.15, 0.2) is 18.2 Å². The highest BCUT2D eigenvalue weighted by molar-refractivity contribution is 5.54. The number of anilines is 1. The van der Waals surface area contributed by atoms with Crippen molar-refractivity contribution in [1.82, 2.24) is 0 Å². The average Bonchev–Trinajstić information content (AvgIpc) is 2.03. The van der Waals surface area contributed by atoms with Gasteiger partial charge in [-0.2, -0.15) is 0 Å². The summed E-state index contributed by atoms with van der Waals surface area (Å²) in [4.78, 5) is 0. The molecule has 1 heterocycles. The number of rotatable bonds is 0. The highest BCUT2D eigenvalue weighted by Gasteiger charge is 2.13. The second-order valence-electron chi connectivity index (χ2n) is 3.85. The fraction of sp³-hybridized carbons (Fsp3) is 0.455. The smallest absolute Gasteiger partial charge is 0.0373 e. The van der Waals surface area contributed by atoms with Gasteiger partial charge in [-0.15, -0.1) is 0 Å². The molecule has 1 aliphatic heterocycles. The third kappa shape index (κ3) is 1.31. The van der Waals surface area contributed by atoms with Crippen LogP contribution < -0.4 is 5.32 Å². The van der Waals surface area contributed by atoms with Crippen molar-refractivity contribution >= 4 is 5.69 Å². The molecular weight excluding hydrogens is 146 g/mol. The fourth-order valence-electron chi connectivity index (χ4n) is 1.80. The first-order valence-corrected chi connectivity index (χ1v) is 4.59. The summed E-state index contributed by atoms with van der Waals surface area (Å²) >= 11 is 0. The Labute approximate surface area is 73.8 Å². The second kappa shape index (κ2) is 2.81. The van der Waals surface area contributed by atoms with Gasteiger partial charge in [0.15, 0.2) is 0 Å². The maximum atomic E-state index is 3.44. The molecule has 0 saturated heterocycles. The van der Waals surface area contributed by atoms with Crippen LogP contribution in [0.25, 0.3) is 0 Å². The summed E-state index contributed by atoms with van der Waals surface area (Å²) in [5.41, 5.74) is 4.18. The summed E-state index contributed by atoms with van der Waals surface area (Å²) in [6.07, 6.45) is 1.23. The molecule has 1 heteroatoms. The van der Waals surface area contributed by atoms with Crippen LogP contribution in [0.1, 0.15) is 18.1 Å². The first-order valence-electron chi connectivity index (χ1n) is 4.59. The second-order valence-corrected chi connectivity index (χ2v) is 3.85. The zero-order valence-electron chi connectivity index (χ0n) is 7.72. The van der Waals surface area contributed by atoms with Crippen molar-refractivity contribution in [3.8, 4) is 0 Å². The van der Waals surface area contributed by atoms with Crippen LogP contribution in [-0.2, 0) is 6.42 Å². The first kappa shape index (κ1) is 7.66. The van der Waals surface area contributed by atoms with E-state index in [1.807, 2.05) is 0 Å². The first-order chi connectivity index (χ1) is 5.75. The van der Waals surface area contributed by atoms with Gasteiger partial charge in [-0.05, 0) is 30.9 Å². The van der Waals surface area contributed by atoms with Crippen LogP contribution in [0.3, 0.4) is 0 Å². The molecular formula is C11H15N. The lowest BCUT2D eigenvalue weighted by molar-refractivity contribution is 0.594. The van der Waals surface area contributed by atoms with Crippen molar-refractivity contribution in [1.29, 1.82) is 0 Å². The van der Waals surface area contributed by atoms with Gasteiger partial charge in [-0.25, -0.2) is 0 Å². The van der Waals surface area contributed by atoms with E-state index in [2.05, 4.69) is 37.4 Å². The van der Waals surface area contributed by atoms with E-state index in [0.29, 0.717) is 0 Å². The topological polar surface area (TPSA) is 12.0 Å². The number of fused-ring (bicyclic) bond motifs is 1. The summed E-state index contributed by atoms with van der Waals surface area (Å²) in [6, 6.07) is 6.65. The average molecular weight is 161 g/mol. The Morgan fingerprint density at radius 2 is 2.25 bits per heavy atom. The predicted molar refractivity (Wildman–Crippen MR) is 52.5 cm³/mol. The molecule has 0 amide bonds. The molecule has 1 aromatic rings. The molecule has 1 nitrogen and oxygen atoms in total. The number of benzene rings is 1. The standard InChI is InChI=1S/C11H15N/c1-8-3-4-11-10(5-8)6-9(2)7-12-11/h3-5,9,12H,6-7H2,1-2H3/t9-/m0/s1. The van der Waals surface area contributed by atoms with Gasteiger partial charge in [0, 0.05) is 12.2 Å². The Kier molecular flexibility index (Phi) is 1.80. The van der Waals surface area contributed by atoms with Crippen molar-refractivity contribution in [3.63, 3.8) is 0 Å². The zero-order chi connectivity index (χ0) is 8.55. The van der Waals surface area contributed by atoms with E-state index in [-0.39, 0.29) is 0 Å². The molecule has 2 rings (SSSR count). The molecule has 12 heavy (non-hydrogen) atoms. The van der Waals surface area contributed by atoms with E-state index in [9.17, 15) is 0 Å². The number of aryl methyl sites for hydroxylation is 1. The van der Waals surface area contributed by atoms with Crippen LogP contribution in [0.5, 0.6) is 0 Å². The molecule has 0 bridgehead atoms. The van der Waals surface area contributed by atoms with E-state index in [0.717, 1.165) is 12.5 Å². The van der Waals surface area contributed by atoms with Gasteiger partial charge in [-0.3, -0.25) is 0 Å². The normalized spacial score (nSPS) is 21.3. The number of nitrogens with one attached hydrogen (secondary N) is 1. The van der Waals surface area contributed by atoms with Gasteiger partial charge in [0.1, 0.15) is 0 Å². The van der Waals surface area contributed by atoms with Gasteiger partial charge in [0.05, 0.1) is 0 Å². The van der Waals surface area contributed by atoms with Crippen LogP contribution in [0.4, 0.5) is 5.69 Å². The quantitative estimate of drug-likeness (QED) is 0.616. The molecule has 1 atom stereocenters. The van der Waals surface area contributed by atoms with E-state index >= 15 is 0 Å². The zero-order valence-corrected chi connectivity index (χ0v) is 7.72. The lowest BCUT2D eigenvalue weighted by Gasteiger charge is -2.23. The summed E-state index contributed by atoms with van der Waals surface area (Å²) in [5.74, 6) is 0.777. The molecule has 0 spiro atoms. The molecule has 0 aliphatic carbocycles. The lowest BCUT2D eigenvalue weighted by Crippen LogP contribution is -2.20. The summed E-state index contributed by atoms with van der Waals surface area (Å²) < 4.78 is 0. The summed E-state index contributed by atoms with van der Waals surface area (Å²) in [6.45, 7) is 5.56. The van der Waals surface area contributed by atoms with Gasteiger partial charge in [-0.1, -0.05) is 24.6 Å². The maximum absolute atomic E-state index is 3.44. The molecule has 0 radical (unpaired) electrons. The molecule has 64 valence electrons. The molecule has 1 aliphatic rings. The fourth-order valence-corrected chi connectivity index (χ4v) is 1.80. The molecule has 0 aromatic heterocycles. The molecule has 0 fully saturated rings. The Balaban J connectivity index is 2.37. The molecule has 1 aromatic carbocycles. The van der Waals surface area contributed by atoms with E-state index in [1.54, 1.807) is 0 Å². The lowest BCUT2D eigenvalue weighted by atomic mass is 9.94. The summed E-state index contributed by atoms with van der Waals surface area (Å²) in [5, 5.41) is 3.44. The Morgan fingerprint density at radius 3 is 3.08 bits per heavy atom. The third-order valence-corrected chi connectivity index (χ3v) is 2.47. The van der Waals surface area contributed by atoms with Crippen LogP contribution in [-0.4, -0.2) is 6.54 Å². The maximum Gasteiger partial charge on any atom is 0.0373 e. The SMILES string of the molecule is Cc1ccc2c(c1)C[C@H](C)CN2. The Morgan fingerprint density at radius 1 is 1.42 bits per heavy atom. The summed E-state index contributed by atoms with van der Waals surface area (Å²) in [7, 11) is 0. The highest BCUT2D eigenvalue weighted by atomic mass is 14.9. The highest BCUT2D eigenvalue weighted by Crippen LogP contribution is 2.24. The molecule has 0 saturated carbocycles. The minimum Gasteiger partial charge on any atom is -0.385 e. The number of hydrogen-bond donors (Lipinski definition) is 1. The van der Waals surface area contributed by atoms with Crippen molar-refractivity contribution < 1.29 is 0 Å². The van der Waals surface area contributed by atoms with Crippen molar-refractivity contribution in [2.75, 3.05) is 11.9 Å². The molecule has 1 N–H and O–H groups in total. The Bertz CT molecular complexity index is 291. The number of hydrogen-bond acceptors (Lipinski definition) is 1. The van der Waals surface area contributed by atoms with Gasteiger partial charge >= 0.3 is 0 Å². The monoisotopic (exact) mass is 161 g/mol. The van der Waals surface area contributed by atoms with Gasteiger partial charge < -0.3 is 5.32 Å². The minimum absolute atomic E-state index is 0.777. The van der Waals surface area contributed by atoms with Gasteiger partial charge in [0.25, 0.3) is 0 Å². The van der Waals surface area contributed by atoms with E-state index in [4.69, 9.17) is 0 Å². The van der Waals surface area contributed by atoms with E-state index in [1.165, 1.54) is 23.2 Å². The van der Waals surface area contributed by atoms with Crippen LogP contribution in [0, 0.1) is 12.8 Å².